The molecule has 3 aromatic heterocycles. The van der Waals surface area contributed by atoms with Crippen molar-refractivity contribution in [2.75, 3.05) is 10.6 Å². The molecule has 0 bridgehead atoms. The number of aryl methyl sites for hydroxylation is 1. The van der Waals surface area contributed by atoms with Crippen LogP contribution in [0.15, 0.2) is 30.6 Å². The number of amides is 1. The lowest BCUT2D eigenvalue weighted by Crippen LogP contribution is -2.14. The molecular formula is C18H17F4N7O. The highest BCUT2D eigenvalue weighted by molar-refractivity contribution is 5.89. The fraction of sp³-hybridized carbons (Fsp3) is 0.278. The van der Waals surface area contributed by atoms with Crippen molar-refractivity contribution in [3.05, 3.63) is 42.1 Å². The van der Waals surface area contributed by atoms with Crippen LogP contribution >= 0.6 is 0 Å². The van der Waals surface area contributed by atoms with Gasteiger partial charge in [-0.1, -0.05) is 0 Å². The molecule has 0 aliphatic heterocycles. The maximum Gasteiger partial charge on any atom is 0.333 e. The van der Waals surface area contributed by atoms with Gasteiger partial charge < -0.3 is 10.6 Å². The van der Waals surface area contributed by atoms with Gasteiger partial charge in [0.25, 0.3) is 0 Å². The predicted molar refractivity (Wildman–Crippen MR) is 101 cm³/mol. The third kappa shape index (κ3) is 4.88. The zero-order valence-electron chi connectivity index (χ0n) is 16.1. The monoisotopic (exact) mass is 423 g/mol. The molecule has 1 amide bonds. The summed E-state index contributed by atoms with van der Waals surface area (Å²) in [5.74, 6) is -4.11. The molecule has 0 atom stereocenters. The minimum atomic E-state index is -3.26. The third-order valence-corrected chi connectivity index (χ3v) is 3.80. The number of halogens is 4. The summed E-state index contributed by atoms with van der Waals surface area (Å²) >= 11 is 0. The van der Waals surface area contributed by atoms with E-state index in [-0.39, 0.29) is 28.9 Å². The van der Waals surface area contributed by atoms with Crippen molar-refractivity contribution in [1.82, 2.24) is 24.7 Å². The van der Waals surface area contributed by atoms with Gasteiger partial charge in [-0.05, 0) is 13.0 Å². The first-order valence-corrected chi connectivity index (χ1v) is 8.65. The summed E-state index contributed by atoms with van der Waals surface area (Å²) < 4.78 is 53.6. The normalized spacial score (nSPS) is 11.6. The Balaban J connectivity index is 2.07. The van der Waals surface area contributed by atoms with Crippen molar-refractivity contribution in [3.63, 3.8) is 0 Å². The first-order chi connectivity index (χ1) is 14.0. The van der Waals surface area contributed by atoms with Crippen LogP contribution in [-0.4, -0.2) is 30.6 Å². The molecule has 30 heavy (non-hydrogen) atoms. The Morgan fingerprint density at radius 2 is 1.93 bits per heavy atom. The Kier molecular flexibility index (Phi) is 5.67. The number of nitrogens with one attached hydrogen (secondary N) is 2. The lowest BCUT2D eigenvalue weighted by Gasteiger charge is -2.15. The zero-order chi connectivity index (χ0) is 22.1. The number of rotatable bonds is 6. The van der Waals surface area contributed by atoms with Gasteiger partial charge in [0, 0.05) is 49.6 Å². The number of alkyl halides is 4. The standard InChI is InChI=1S/C18H17F4N7O/c1-9-6-15(27-16(24-9)18(3,21)22)26-13-7-14(25-10(2)30)23-8-11(13)12-4-5-29(28-12)17(19)20/h4-8,17H,1-3H3,(H2,23,24,25,26,27,30). The molecule has 3 rings (SSSR count). The maximum absolute atomic E-state index is 13.7. The zero-order valence-corrected chi connectivity index (χ0v) is 16.1. The van der Waals surface area contributed by atoms with Crippen LogP contribution in [0.5, 0.6) is 0 Å². The highest BCUT2D eigenvalue weighted by Gasteiger charge is 2.29. The van der Waals surface area contributed by atoms with E-state index in [1.807, 2.05) is 0 Å². The number of hydrogen-bond acceptors (Lipinski definition) is 6. The predicted octanol–water partition coefficient (Wildman–Crippen LogP) is 4.25. The fourth-order valence-electron chi connectivity index (χ4n) is 2.57. The minimum Gasteiger partial charge on any atom is -0.339 e. The van der Waals surface area contributed by atoms with Gasteiger partial charge in [-0.2, -0.15) is 22.7 Å². The molecule has 0 fully saturated rings. The van der Waals surface area contributed by atoms with Crippen molar-refractivity contribution in [2.24, 2.45) is 0 Å². The summed E-state index contributed by atoms with van der Waals surface area (Å²) in [4.78, 5) is 23.0. The van der Waals surface area contributed by atoms with Crippen LogP contribution in [-0.2, 0) is 10.7 Å². The molecule has 0 radical (unpaired) electrons. The number of nitrogens with zero attached hydrogens (tertiary/aromatic N) is 5. The van der Waals surface area contributed by atoms with Gasteiger partial charge in [-0.3, -0.25) is 4.79 Å². The molecule has 2 N–H and O–H groups in total. The minimum absolute atomic E-state index is 0.0496. The number of carbonyl (C=O) groups is 1. The second-order valence-electron chi connectivity index (χ2n) is 6.49. The second kappa shape index (κ2) is 8.05. The molecule has 0 unspecified atom stereocenters. The Labute approximate surface area is 168 Å². The third-order valence-electron chi connectivity index (χ3n) is 3.80. The lowest BCUT2D eigenvalue weighted by molar-refractivity contribution is -0.114. The van der Waals surface area contributed by atoms with Crippen molar-refractivity contribution >= 4 is 23.2 Å². The summed E-state index contributed by atoms with van der Waals surface area (Å²) in [5.41, 5.74) is 1.01. The Bertz CT molecular complexity index is 1080. The van der Waals surface area contributed by atoms with Crippen LogP contribution in [0.25, 0.3) is 11.3 Å². The summed E-state index contributed by atoms with van der Waals surface area (Å²) in [6.45, 7) is 0.662. The van der Waals surface area contributed by atoms with E-state index in [9.17, 15) is 22.4 Å². The molecule has 0 saturated heterocycles. The number of hydrogen-bond donors (Lipinski definition) is 2. The lowest BCUT2D eigenvalue weighted by atomic mass is 10.1. The summed E-state index contributed by atoms with van der Waals surface area (Å²) in [6.07, 6.45) is 2.41. The van der Waals surface area contributed by atoms with Crippen molar-refractivity contribution in [1.29, 1.82) is 0 Å². The molecule has 8 nitrogen and oxygen atoms in total. The van der Waals surface area contributed by atoms with Crippen LogP contribution < -0.4 is 10.6 Å². The quantitative estimate of drug-likeness (QED) is 0.575. The highest BCUT2D eigenvalue weighted by atomic mass is 19.3. The van der Waals surface area contributed by atoms with Gasteiger partial charge in [-0.25, -0.2) is 19.6 Å². The number of aromatic nitrogens is 5. The molecule has 0 spiro atoms. The topological polar surface area (TPSA) is 97.6 Å². The van der Waals surface area contributed by atoms with Crippen LogP contribution in [0.4, 0.5) is 34.9 Å². The van der Waals surface area contributed by atoms with E-state index in [1.165, 1.54) is 38.2 Å². The van der Waals surface area contributed by atoms with E-state index >= 15 is 0 Å². The first kappa shape index (κ1) is 21.1. The van der Waals surface area contributed by atoms with Crippen molar-refractivity contribution in [3.8, 4) is 11.3 Å². The molecule has 3 heterocycles. The van der Waals surface area contributed by atoms with Gasteiger partial charge >= 0.3 is 12.5 Å². The van der Waals surface area contributed by atoms with Crippen molar-refractivity contribution in [2.45, 2.75) is 33.2 Å². The Morgan fingerprint density at radius 3 is 2.53 bits per heavy atom. The van der Waals surface area contributed by atoms with Crippen molar-refractivity contribution < 1.29 is 22.4 Å². The van der Waals surface area contributed by atoms with E-state index < -0.39 is 18.3 Å². The number of pyridine rings is 1. The van der Waals surface area contributed by atoms with E-state index in [4.69, 9.17) is 0 Å². The average molecular weight is 423 g/mol. The largest absolute Gasteiger partial charge is 0.339 e. The Morgan fingerprint density at radius 1 is 1.20 bits per heavy atom. The summed E-state index contributed by atoms with van der Waals surface area (Å²) in [7, 11) is 0. The molecule has 3 aromatic rings. The van der Waals surface area contributed by atoms with Gasteiger partial charge in [-0.15, -0.1) is 0 Å². The number of carbonyl (C=O) groups excluding carboxylic acids is 1. The van der Waals surface area contributed by atoms with Gasteiger partial charge in [0.1, 0.15) is 11.6 Å². The molecule has 0 aliphatic carbocycles. The molecule has 0 aromatic carbocycles. The van der Waals surface area contributed by atoms with E-state index in [1.54, 1.807) is 0 Å². The number of anilines is 3. The average Bonchev–Trinajstić information content (AvgIpc) is 3.10. The van der Waals surface area contributed by atoms with Gasteiger partial charge in [0.2, 0.25) is 11.7 Å². The summed E-state index contributed by atoms with van der Waals surface area (Å²) in [5, 5.41) is 9.15. The smallest absolute Gasteiger partial charge is 0.333 e. The van der Waals surface area contributed by atoms with E-state index in [0.717, 1.165) is 6.20 Å². The molecule has 12 heteroatoms. The Hall–Kier alpha value is -3.57. The highest BCUT2D eigenvalue weighted by Crippen LogP contribution is 2.32. The summed E-state index contributed by atoms with van der Waals surface area (Å²) in [6, 6.07) is 4.21. The van der Waals surface area contributed by atoms with E-state index in [2.05, 4.69) is 30.7 Å². The van der Waals surface area contributed by atoms with Crippen LogP contribution in [0.1, 0.15) is 31.9 Å². The molecule has 0 aliphatic rings. The van der Waals surface area contributed by atoms with Crippen LogP contribution in [0.2, 0.25) is 0 Å². The van der Waals surface area contributed by atoms with E-state index in [0.29, 0.717) is 22.9 Å². The molecular weight excluding hydrogens is 406 g/mol. The SMILES string of the molecule is CC(=O)Nc1cc(Nc2cc(C)nc(C(C)(F)F)n2)c(-c2ccn(C(F)F)n2)cn1. The second-order valence-corrected chi connectivity index (χ2v) is 6.49. The van der Waals surface area contributed by atoms with Gasteiger partial charge in [0.05, 0.1) is 11.4 Å². The maximum atomic E-state index is 13.7. The van der Waals surface area contributed by atoms with Crippen LogP contribution in [0, 0.1) is 6.92 Å². The molecule has 0 saturated carbocycles. The fourth-order valence-corrected chi connectivity index (χ4v) is 2.57. The van der Waals surface area contributed by atoms with Gasteiger partial charge in [0.15, 0.2) is 0 Å². The molecule has 158 valence electrons. The first-order valence-electron chi connectivity index (χ1n) is 8.65. The van der Waals surface area contributed by atoms with Crippen LogP contribution in [0.3, 0.4) is 0 Å².